The highest BCUT2D eigenvalue weighted by atomic mass is 79.9. The highest BCUT2D eigenvalue weighted by molar-refractivity contribution is 9.10. The van der Waals surface area contributed by atoms with Gasteiger partial charge in [-0.25, -0.2) is 4.98 Å². The molecule has 0 fully saturated rings. The van der Waals surface area contributed by atoms with Crippen LogP contribution in [-0.2, 0) is 12.8 Å². The predicted molar refractivity (Wildman–Crippen MR) is 79.4 cm³/mol. The second-order valence-corrected chi connectivity index (χ2v) is 6.45. The van der Waals surface area contributed by atoms with Crippen LogP contribution in [0.3, 0.4) is 0 Å². The maximum Gasteiger partial charge on any atom is 0.0954 e. The van der Waals surface area contributed by atoms with Gasteiger partial charge < -0.3 is 5.11 Å². The average Bonchev–Trinajstić information content (AvgIpc) is 2.68. The molecule has 0 saturated carbocycles. The largest absolute Gasteiger partial charge is 0.392 e. The van der Waals surface area contributed by atoms with Crippen LogP contribution in [0, 0.1) is 6.92 Å². The van der Waals surface area contributed by atoms with E-state index in [-0.39, 0.29) is 0 Å². The molecular formula is C13H13BrClNOS. The number of rotatable bonds is 4. The molecule has 0 spiro atoms. The highest BCUT2D eigenvalue weighted by Crippen LogP contribution is 2.23. The summed E-state index contributed by atoms with van der Waals surface area (Å²) in [5, 5.41) is 13.7. The number of nitrogens with zero attached hydrogens (tertiary/aromatic N) is 1. The lowest BCUT2D eigenvalue weighted by Gasteiger charge is -2.10. The summed E-state index contributed by atoms with van der Waals surface area (Å²) in [5.41, 5.74) is 1.96. The number of hydrogen-bond acceptors (Lipinski definition) is 3. The van der Waals surface area contributed by atoms with Crippen LogP contribution < -0.4 is 0 Å². The molecule has 0 amide bonds. The van der Waals surface area contributed by atoms with E-state index in [1.807, 2.05) is 30.5 Å². The molecule has 0 aliphatic heterocycles. The summed E-state index contributed by atoms with van der Waals surface area (Å²) in [6.07, 6.45) is 0.671. The summed E-state index contributed by atoms with van der Waals surface area (Å²) in [7, 11) is 0. The monoisotopic (exact) mass is 345 g/mol. The quantitative estimate of drug-likeness (QED) is 0.907. The average molecular weight is 347 g/mol. The van der Waals surface area contributed by atoms with Crippen LogP contribution in [0.25, 0.3) is 0 Å². The number of halogens is 2. The van der Waals surface area contributed by atoms with E-state index in [1.165, 1.54) is 0 Å². The second kappa shape index (κ2) is 6.15. The molecule has 0 saturated heterocycles. The normalized spacial score (nSPS) is 12.7. The minimum Gasteiger partial charge on any atom is -0.392 e. The Bertz CT molecular complexity index is 544. The minimum absolute atomic E-state index is 0.450. The third-order valence-corrected chi connectivity index (χ3v) is 4.38. The Hall–Kier alpha value is -0.420. The van der Waals surface area contributed by atoms with E-state index in [0.717, 1.165) is 20.7 Å². The molecule has 0 aliphatic carbocycles. The number of benzene rings is 1. The van der Waals surface area contributed by atoms with Crippen molar-refractivity contribution >= 4 is 38.9 Å². The van der Waals surface area contributed by atoms with Crippen LogP contribution in [0.5, 0.6) is 0 Å². The molecule has 2 nitrogen and oxygen atoms in total. The Balaban J connectivity index is 2.00. The summed E-state index contributed by atoms with van der Waals surface area (Å²) in [6.45, 7) is 1.96. The van der Waals surface area contributed by atoms with Crippen LogP contribution in [0.1, 0.15) is 16.3 Å². The summed E-state index contributed by atoms with van der Waals surface area (Å²) in [5.74, 6) is 0. The SMILES string of the molecule is Cc1csc(CC(O)Cc2ccc(Br)cc2Cl)n1. The van der Waals surface area contributed by atoms with Gasteiger partial charge in [-0.2, -0.15) is 0 Å². The topological polar surface area (TPSA) is 33.1 Å². The van der Waals surface area contributed by atoms with Crippen LogP contribution >= 0.6 is 38.9 Å². The first-order valence-electron chi connectivity index (χ1n) is 5.57. The standard InChI is InChI=1S/C13H13BrClNOS/c1-8-7-18-13(16-8)6-11(17)4-9-2-3-10(14)5-12(9)15/h2-3,5,7,11,17H,4,6H2,1H3. The Morgan fingerprint density at radius 2 is 2.22 bits per heavy atom. The summed E-state index contributed by atoms with van der Waals surface area (Å²) in [6, 6.07) is 5.71. The van der Waals surface area contributed by atoms with Gasteiger partial charge in [0.1, 0.15) is 0 Å². The fourth-order valence-corrected chi connectivity index (χ4v) is 3.31. The molecule has 1 aromatic carbocycles. The lowest BCUT2D eigenvalue weighted by molar-refractivity contribution is 0.175. The van der Waals surface area contributed by atoms with Gasteiger partial charge in [-0.15, -0.1) is 11.3 Å². The molecule has 5 heteroatoms. The molecule has 1 heterocycles. The van der Waals surface area contributed by atoms with Gasteiger partial charge in [-0.3, -0.25) is 0 Å². The lowest BCUT2D eigenvalue weighted by atomic mass is 10.1. The van der Waals surface area contributed by atoms with Crippen molar-refractivity contribution in [2.45, 2.75) is 25.9 Å². The molecule has 1 unspecified atom stereocenters. The van der Waals surface area contributed by atoms with Gasteiger partial charge in [0.2, 0.25) is 0 Å². The van der Waals surface area contributed by atoms with Crippen molar-refractivity contribution in [1.29, 1.82) is 0 Å². The number of hydrogen-bond donors (Lipinski definition) is 1. The first-order chi connectivity index (χ1) is 8.54. The minimum atomic E-state index is -0.450. The first-order valence-corrected chi connectivity index (χ1v) is 7.62. The van der Waals surface area contributed by atoms with Gasteiger partial charge in [0.25, 0.3) is 0 Å². The van der Waals surface area contributed by atoms with Crippen molar-refractivity contribution in [3.63, 3.8) is 0 Å². The number of aryl methyl sites for hydroxylation is 1. The highest BCUT2D eigenvalue weighted by Gasteiger charge is 2.11. The van der Waals surface area contributed by atoms with Crippen LogP contribution in [0.4, 0.5) is 0 Å². The number of aromatic nitrogens is 1. The number of thiazole rings is 1. The third kappa shape index (κ3) is 3.79. The van der Waals surface area contributed by atoms with Crippen LogP contribution in [0.2, 0.25) is 5.02 Å². The van der Waals surface area contributed by atoms with Gasteiger partial charge in [0.05, 0.1) is 11.1 Å². The molecule has 1 aromatic heterocycles. The van der Waals surface area contributed by atoms with Crippen molar-refractivity contribution in [2.24, 2.45) is 0 Å². The molecule has 0 radical (unpaired) electrons. The Morgan fingerprint density at radius 1 is 1.44 bits per heavy atom. The van der Waals surface area contributed by atoms with Crippen molar-refractivity contribution < 1.29 is 5.11 Å². The number of aliphatic hydroxyl groups is 1. The Morgan fingerprint density at radius 3 is 2.83 bits per heavy atom. The third-order valence-electron chi connectivity index (χ3n) is 2.55. The lowest BCUT2D eigenvalue weighted by Crippen LogP contribution is -2.14. The summed E-state index contributed by atoms with van der Waals surface area (Å²) >= 11 is 11.1. The zero-order chi connectivity index (χ0) is 13.1. The maximum absolute atomic E-state index is 10.1. The van der Waals surface area contributed by atoms with Gasteiger partial charge in [-0.1, -0.05) is 33.6 Å². The Labute approximate surface area is 124 Å². The zero-order valence-corrected chi connectivity index (χ0v) is 13.0. The van der Waals surface area contributed by atoms with E-state index >= 15 is 0 Å². The summed E-state index contributed by atoms with van der Waals surface area (Å²) < 4.78 is 0.946. The molecular weight excluding hydrogens is 334 g/mol. The zero-order valence-electron chi connectivity index (χ0n) is 9.86. The van der Waals surface area contributed by atoms with Crippen LogP contribution in [0.15, 0.2) is 28.1 Å². The molecule has 2 rings (SSSR count). The van der Waals surface area contributed by atoms with Crippen molar-refractivity contribution in [2.75, 3.05) is 0 Å². The van der Waals surface area contributed by atoms with E-state index < -0.39 is 6.10 Å². The fraction of sp³-hybridized carbons (Fsp3) is 0.308. The van der Waals surface area contributed by atoms with Crippen LogP contribution in [-0.4, -0.2) is 16.2 Å². The Kier molecular flexibility index (Phi) is 4.78. The number of aliphatic hydroxyl groups excluding tert-OH is 1. The van der Waals surface area contributed by atoms with Gasteiger partial charge in [-0.05, 0) is 24.6 Å². The van der Waals surface area contributed by atoms with E-state index in [1.54, 1.807) is 11.3 Å². The molecule has 0 bridgehead atoms. The van der Waals surface area contributed by atoms with Crippen molar-refractivity contribution in [3.8, 4) is 0 Å². The first kappa shape index (κ1) is 14.0. The van der Waals surface area contributed by atoms with Gasteiger partial charge in [0.15, 0.2) is 0 Å². The molecule has 1 atom stereocenters. The van der Waals surface area contributed by atoms with E-state index in [4.69, 9.17) is 11.6 Å². The van der Waals surface area contributed by atoms with E-state index in [0.29, 0.717) is 17.9 Å². The molecule has 1 N–H and O–H groups in total. The smallest absolute Gasteiger partial charge is 0.0954 e. The molecule has 96 valence electrons. The van der Waals surface area contributed by atoms with Gasteiger partial charge in [0, 0.05) is 33.4 Å². The van der Waals surface area contributed by atoms with E-state index in [2.05, 4.69) is 20.9 Å². The summed E-state index contributed by atoms with van der Waals surface area (Å²) in [4.78, 5) is 4.35. The van der Waals surface area contributed by atoms with E-state index in [9.17, 15) is 5.11 Å². The van der Waals surface area contributed by atoms with Crippen molar-refractivity contribution in [3.05, 3.63) is 49.3 Å². The molecule has 2 aromatic rings. The maximum atomic E-state index is 10.1. The second-order valence-electron chi connectivity index (χ2n) is 4.18. The van der Waals surface area contributed by atoms with Crippen molar-refractivity contribution in [1.82, 2.24) is 4.98 Å². The molecule has 18 heavy (non-hydrogen) atoms. The predicted octanol–water partition coefficient (Wildman–Crippen LogP) is 4.01. The van der Waals surface area contributed by atoms with Gasteiger partial charge >= 0.3 is 0 Å². The molecule has 0 aliphatic rings. The fourth-order valence-electron chi connectivity index (χ4n) is 1.71.